The molecule has 0 amide bonds. The monoisotopic (exact) mass is 790 g/mol. The fraction of sp³-hybridized carbons (Fsp3) is 0.697. The summed E-state index contributed by atoms with van der Waals surface area (Å²) < 4.78 is 6.53. The van der Waals surface area contributed by atoms with Crippen molar-refractivity contribution in [1.82, 2.24) is 9.80 Å². The maximum Gasteiger partial charge on any atom is 0.340 e. The Bertz CT molecular complexity index is 1280. The molecule has 2 aromatic rings. The molecule has 0 atom stereocenters. The van der Waals surface area contributed by atoms with Gasteiger partial charge in [-0.3, -0.25) is 0 Å². The number of carbonyl (C=O) groups is 2. The molecule has 0 aliphatic heterocycles. The second kappa shape index (κ2) is 17.3. The van der Waals surface area contributed by atoms with Gasteiger partial charge in [0.15, 0.2) is 0 Å². The molecular formula is C33H52Br2N4O4S2. The van der Waals surface area contributed by atoms with E-state index in [0.29, 0.717) is 35.3 Å². The largest absolute Gasteiger partial charge is 0.478 e. The zero-order valence-corrected chi connectivity index (χ0v) is 33.2. The van der Waals surface area contributed by atoms with E-state index in [4.69, 9.17) is 4.74 Å². The van der Waals surface area contributed by atoms with Crippen LogP contribution in [0.2, 0.25) is 0 Å². The van der Waals surface area contributed by atoms with E-state index in [2.05, 4.69) is 93.5 Å². The van der Waals surface area contributed by atoms with Crippen molar-refractivity contribution in [3.05, 3.63) is 29.8 Å². The molecule has 0 saturated heterocycles. The molecule has 0 aromatic carbocycles. The van der Waals surface area contributed by atoms with E-state index < -0.39 is 5.97 Å². The molecule has 0 bridgehead atoms. The van der Waals surface area contributed by atoms with Gasteiger partial charge in [0.25, 0.3) is 0 Å². The van der Waals surface area contributed by atoms with Gasteiger partial charge in [-0.2, -0.15) is 0 Å². The molecule has 2 saturated carbocycles. The van der Waals surface area contributed by atoms with Crippen LogP contribution in [0.1, 0.15) is 97.1 Å². The van der Waals surface area contributed by atoms with Crippen molar-refractivity contribution in [3.63, 3.8) is 0 Å². The minimum Gasteiger partial charge on any atom is -0.478 e. The van der Waals surface area contributed by atoms with Crippen molar-refractivity contribution >= 4 is 76.5 Å². The molecule has 4 rings (SSSR count). The molecule has 2 aromatic heterocycles. The number of hydrogen-bond acceptors (Lipinski definition) is 9. The van der Waals surface area contributed by atoms with Gasteiger partial charge in [0.1, 0.15) is 0 Å². The number of carbonyl (C=O) groups excluding carboxylic acids is 1. The van der Waals surface area contributed by atoms with E-state index in [9.17, 15) is 14.7 Å². The number of carboxylic acids is 1. The number of anilines is 2. The highest BCUT2D eigenvalue weighted by Crippen LogP contribution is 2.43. The molecule has 2 fully saturated rings. The number of ether oxygens (including phenoxy) is 1. The van der Waals surface area contributed by atoms with Gasteiger partial charge < -0.3 is 29.4 Å². The zero-order valence-electron chi connectivity index (χ0n) is 28.4. The number of carboxylic acid groups (broad SMARTS) is 1. The molecule has 0 radical (unpaired) electrons. The summed E-state index contributed by atoms with van der Waals surface area (Å²) in [4.78, 5) is 33.0. The number of methoxy groups -OCH3 is 1. The molecule has 8 nitrogen and oxygen atoms in total. The van der Waals surface area contributed by atoms with E-state index in [1.165, 1.54) is 63.5 Å². The fourth-order valence-electron chi connectivity index (χ4n) is 6.97. The van der Waals surface area contributed by atoms with E-state index >= 15 is 0 Å². The number of aromatic carboxylic acids is 1. The molecule has 1 N–H and O–H groups in total. The second-order valence-electron chi connectivity index (χ2n) is 12.6. The highest BCUT2D eigenvalue weighted by atomic mass is 79.9. The minimum absolute atomic E-state index is 0.260. The number of thiophene rings is 2. The molecule has 2 aliphatic carbocycles. The average Bonchev–Trinajstić information content (AvgIpc) is 3.47. The van der Waals surface area contributed by atoms with Crippen LogP contribution in [0.3, 0.4) is 0 Å². The van der Waals surface area contributed by atoms with Gasteiger partial charge in [0.05, 0.1) is 35.8 Å². The smallest absolute Gasteiger partial charge is 0.340 e. The first-order valence-corrected chi connectivity index (χ1v) is 19.2. The maximum atomic E-state index is 12.0. The first-order chi connectivity index (χ1) is 21.3. The molecule has 254 valence electrons. The fourth-order valence-corrected chi connectivity index (χ4v) is 11.1. The Morgan fingerprint density at radius 3 is 1.33 bits per heavy atom. The van der Waals surface area contributed by atoms with Gasteiger partial charge >= 0.3 is 11.9 Å². The van der Waals surface area contributed by atoms with Crippen molar-refractivity contribution in [2.75, 3.05) is 58.2 Å². The summed E-state index contributed by atoms with van der Waals surface area (Å²) in [5, 5.41) is 11.7. The van der Waals surface area contributed by atoms with Crippen LogP contribution in [0.4, 0.5) is 10.0 Å². The van der Waals surface area contributed by atoms with Crippen LogP contribution in [0.15, 0.2) is 7.57 Å². The van der Waals surface area contributed by atoms with Gasteiger partial charge in [0, 0.05) is 37.3 Å². The normalized spacial score (nSPS) is 21.8. The predicted octanol–water partition coefficient (Wildman–Crippen LogP) is 8.52. The third kappa shape index (κ3) is 9.04. The highest BCUT2D eigenvalue weighted by molar-refractivity contribution is 9.11. The molecular weight excluding hydrogens is 740 g/mol. The Morgan fingerprint density at radius 2 is 1.04 bits per heavy atom. The average molecular weight is 793 g/mol. The minimum atomic E-state index is -0.848. The third-order valence-corrected chi connectivity index (χ3v) is 13.6. The van der Waals surface area contributed by atoms with Gasteiger partial charge in [-0.05, 0) is 150 Å². The lowest BCUT2D eigenvalue weighted by atomic mass is 9.89. The number of nitrogens with zero attached hydrogens (tertiary/aromatic N) is 4. The summed E-state index contributed by atoms with van der Waals surface area (Å²) in [5.41, 5.74) is 3.01. The summed E-state index contributed by atoms with van der Waals surface area (Å²) in [6, 6.07) is 2.46. The van der Waals surface area contributed by atoms with Crippen LogP contribution in [0.25, 0.3) is 0 Å². The standard InChI is InChI=1S/C17H27BrN2O2S.C16H25BrN2O2S/c1-6-20(13-9-7-12(8-10-13)19(3)4)16-11(2)14(15(18)23-16)17(21)22-5;1-5-19(12-8-6-11(7-9-12)18(3)4)15-10(2)13(16(20)21)14(17)22-15/h12-13H,6-10H2,1-5H3;11-12H,5-9H2,1-4H3,(H,20,21). The molecule has 0 unspecified atom stereocenters. The van der Waals surface area contributed by atoms with Crippen LogP contribution in [0, 0.1) is 13.8 Å². The van der Waals surface area contributed by atoms with Crippen molar-refractivity contribution in [2.45, 2.75) is 103 Å². The van der Waals surface area contributed by atoms with Crippen LogP contribution >= 0.6 is 54.5 Å². The maximum absolute atomic E-state index is 12.0. The van der Waals surface area contributed by atoms with Crippen LogP contribution in [-0.2, 0) is 4.74 Å². The van der Waals surface area contributed by atoms with Crippen molar-refractivity contribution in [2.24, 2.45) is 0 Å². The van der Waals surface area contributed by atoms with E-state index in [1.54, 1.807) is 22.7 Å². The van der Waals surface area contributed by atoms with Crippen molar-refractivity contribution in [1.29, 1.82) is 0 Å². The summed E-state index contributed by atoms with van der Waals surface area (Å²) in [5.74, 6) is -1.11. The lowest BCUT2D eigenvalue weighted by Crippen LogP contribution is -2.42. The molecule has 2 aliphatic rings. The Kier molecular flexibility index (Phi) is 14.7. The summed E-state index contributed by atoms with van der Waals surface area (Å²) in [6.07, 6.45) is 9.67. The topological polar surface area (TPSA) is 76.6 Å². The van der Waals surface area contributed by atoms with E-state index in [0.717, 1.165) is 36.8 Å². The number of hydrogen-bond donors (Lipinski definition) is 1. The van der Waals surface area contributed by atoms with Crippen molar-refractivity contribution < 1.29 is 19.4 Å². The Labute approximate surface area is 295 Å². The van der Waals surface area contributed by atoms with Crippen LogP contribution in [0.5, 0.6) is 0 Å². The molecule has 12 heteroatoms. The second-order valence-corrected chi connectivity index (χ2v) is 17.2. The van der Waals surface area contributed by atoms with E-state index in [-0.39, 0.29) is 5.97 Å². The van der Waals surface area contributed by atoms with Gasteiger partial charge in [-0.15, -0.1) is 22.7 Å². The third-order valence-electron chi connectivity index (χ3n) is 9.64. The van der Waals surface area contributed by atoms with Gasteiger partial charge in [-0.1, -0.05) is 0 Å². The first-order valence-electron chi connectivity index (χ1n) is 16.0. The Hall–Kier alpha value is -1.18. The summed E-state index contributed by atoms with van der Waals surface area (Å²) >= 11 is 10.2. The molecule has 2 heterocycles. The highest BCUT2D eigenvalue weighted by Gasteiger charge is 2.31. The summed E-state index contributed by atoms with van der Waals surface area (Å²) in [6.45, 7) is 10.2. The predicted molar refractivity (Wildman–Crippen MR) is 197 cm³/mol. The van der Waals surface area contributed by atoms with Gasteiger partial charge in [0.2, 0.25) is 0 Å². The van der Waals surface area contributed by atoms with Crippen LogP contribution < -0.4 is 9.80 Å². The molecule has 45 heavy (non-hydrogen) atoms. The lowest BCUT2D eigenvalue weighted by molar-refractivity contribution is 0.0598. The number of rotatable bonds is 10. The Balaban J connectivity index is 0.000000246. The lowest BCUT2D eigenvalue weighted by Gasteiger charge is -2.39. The van der Waals surface area contributed by atoms with Crippen LogP contribution in [-0.4, -0.2) is 99.4 Å². The number of esters is 1. The van der Waals surface area contributed by atoms with E-state index in [1.807, 2.05) is 13.8 Å². The van der Waals surface area contributed by atoms with Crippen molar-refractivity contribution in [3.8, 4) is 0 Å². The number of halogens is 2. The quantitative estimate of drug-likeness (QED) is 0.240. The Morgan fingerprint density at radius 1 is 0.711 bits per heavy atom. The molecule has 0 spiro atoms. The first kappa shape index (κ1) is 38.3. The van der Waals surface area contributed by atoms with Gasteiger partial charge in [-0.25, -0.2) is 9.59 Å². The summed E-state index contributed by atoms with van der Waals surface area (Å²) in [7, 11) is 10.1. The zero-order chi connectivity index (χ0) is 33.6. The SMILES string of the molecule is CCN(c1sc(Br)c(C(=O)O)c1C)C1CCC(N(C)C)CC1.CCN(c1sc(Br)c(C(=O)OC)c1C)C1CCC(N(C)C)CC1.